The molecule has 2 aromatic rings. The maximum absolute atomic E-state index is 12.8. The molecule has 26 heavy (non-hydrogen) atoms. The fraction of sp³-hybridized carbons (Fsp3) is 0.550. The van der Waals surface area contributed by atoms with E-state index in [4.69, 9.17) is 4.74 Å². The average Bonchev–Trinajstić information content (AvgIpc) is 3.01. The van der Waals surface area contributed by atoms with E-state index in [0.717, 1.165) is 31.4 Å². The van der Waals surface area contributed by atoms with Crippen molar-refractivity contribution >= 4 is 16.8 Å². The number of aliphatic hydroxyl groups is 1. The van der Waals surface area contributed by atoms with E-state index in [2.05, 4.69) is 28.1 Å². The van der Waals surface area contributed by atoms with Crippen LogP contribution in [0.4, 0.5) is 0 Å². The molecular weight excluding hydrogens is 330 g/mol. The summed E-state index contributed by atoms with van der Waals surface area (Å²) < 4.78 is 5.09. The quantitative estimate of drug-likeness (QED) is 0.851. The molecule has 6 nitrogen and oxygen atoms in total. The summed E-state index contributed by atoms with van der Waals surface area (Å²) in [6, 6.07) is 8.34. The summed E-state index contributed by atoms with van der Waals surface area (Å²) in [4.78, 5) is 20.3. The number of benzene rings is 1. The van der Waals surface area contributed by atoms with Gasteiger partial charge >= 0.3 is 0 Å². The second-order valence-electron chi connectivity index (χ2n) is 7.51. The summed E-state index contributed by atoms with van der Waals surface area (Å²) in [6.07, 6.45) is 2.28. The minimum atomic E-state index is -1.28. The third kappa shape index (κ3) is 3.13. The Balaban J connectivity index is 1.49. The average molecular weight is 357 g/mol. The molecule has 0 spiro atoms. The summed E-state index contributed by atoms with van der Waals surface area (Å²) in [7, 11) is 1.63. The lowest BCUT2D eigenvalue weighted by atomic mass is 9.90. The molecule has 0 bridgehead atoms. The van der Waals surface area contributed by atoms with Crippen LogP contribution < -0.4 is 0 Å². The van der Waals surface area contributed by atoms with Crippen molar-refractivity contribution in [2.24, 2.45) is 0 Å². The molecule has 2 N–H and O–H groups in total. The Bertz CT molecular complexity index is 803. The molecule has 0 aliphatic carbocycles. The number of β-amino-alcohol motifs (C(OH)–C–C–N with tert-alkyl or cyclic N) is 1. The van der Waals surface area contributed by atoms with E-state index in [1.54, 1.807) is 12.0 Å². The number of aromatic nitrogens is 1. The van der Waals surface area contributed by atoms with Crippen LogP contribution in [0.15, 0.2) is 24.3 Å². The molecule has 1 saturated heterocycles. The number of para-hydroxylation sites is 1. The van der Waals surface area contributed by atoms with Gasteiger partial charge in [0.2, 0.25) is 0 Å². The summed E-state index contributed by atoms with van der Waals surface area (Å²) >= 11 is 0. The number of piperidine rings is 1. The molecule has 1 atom stereocenters. The van der Waals surface area contributed by atoms with E-state index in [1.807, 2.05) is 6.07 Å². The van der Waals surface area contributed by atoms with Gasteiger partial charge in [-0.15, -0.1) is 0 Å². The molecule has 1 fully saturated rings. The Morgan fingerprint density at radius 3 is 3.00 bits per heavy atom. The molecule has 0 saturated carbocycles. The van der Waals surface area contributed by atoms with Crippen molar-refractivity contribution in [1.29, 1.82) is 0 Å². The third-order valence-electron chi connectivity index (χ3n) is 5.72. The lowest BCUT2D eigenvalue weighted by molar-refractivity contribution is -0.160. The van der Waals surface area contributed by atoms with E-state index >= 15 is 0 Å². The number of ether oxygens (including phenoxy) is 1. The summed E-state index contributed by atoms with van der Waals surface area (Å²) in [5.41, 5.74) is 2.47. The highest BCUT2D eigenvalue weighted by molar-refractivity contribution is 5.86. The minimum Gasteiger partial charge on any atom is -0.383 e. The SMILES string of the molecule is COCCN1CCC[C@@](O)(CN2CCc3[nH]c4ccccc4c3C2)C1=O. The standard InChI is InChI=1S/C20H27N3O3/c1-26-12-11-23-9-4-8-20(25,19(23)24)14-22-10-7-18-16(13-22)15-5-2-3-6-17(15)21-18/h2-3,5-6,21,25H,4,7-14H2,1H3/t20-/m1/s1. The number of hydrogen-bond donors (Lipinski definition) is 2. The number of aromatic amines is 1. The van der Waals surface area contributed by atoms with Crippen LogP contribution in [0.2, 0.25) is 0 Å². The van der Waals surface area contributed by atoms with Crippen molar-refractivity contribution in [2.75, 3.05) is 39.9 Å². The van der Waals surface area contributed by atoms with Gasteiger partial charge in [0.15, 0.2) is 5.60 Å². The number of likely N-dealkylation sites (tertiary alicyclic amines) is 1. The molecule has 6 heteroatoms. The molecule has 2 aliphatic rings. The van der Waals surface area contributed by atoms with Crippen LogP contribution in [0.3, 0.4) is 0 Å². The number of rotatable bonds is 5. The second-order valence-corrected chi connectivity index (χ2v) is 7.51. The Kier molecular flexibility index (Phi) is 4.73. The van der Waals surface area contributed by atoms with Crippen LogP contribution in [0.1, 0.15) is 24.1 Å². The van der Waals surface area contributed by atoms with E-state index in [9.17, 15) is 9.90 Å². The smallest absolute Gasteiger partial charge is 0.255 e. The Morgan fingerprint density at radius 1 is 1.31 bits per heavy atom. The van der Waals surface area contributed by atoms with Crippen LogP contribution >= 0.6 is 0 Å². The van der Waals surface area contributed by atoms with Crippen molar-refractivity contribution < 1.29 is 14.6 Å². The third-order valence-corrected chi connectivity index (χ3v) is 5.72. The monoisotopic (exact) mass is 357 g/mol. The van der Waals surface area contributed by atoms with E-state index in [0.29, 0.717) is 32.7 Å². The van der Waals surface area contributed by atoms with Gasteiger partial charge in [-0.3, -0.25) is 9.69 Å². The number of amides is 1. The summed E-state index contributed by atoms with van der Waals surface area (Å²) in [5, 5.41) is 12.3. The van der Waals surface area contributed by atoms with Gasteiger partial charge in [-0.1, -0.05) is 18.2 Å². The summed E-state index contributed by atoms with van der Waals surface area (Å²) in [6.45, 7) is 3.78. The van der Waals surface area contributed by atoms with Gasteiger partial charge in [-0.25, -0.2) is 0 Å². The molecule has 3 heterocycles. The first kappa shape index (κ1) is 17.5. The van der Waals surface area contributed by atoms with Crippen molar-refractivity contribution in [1.82, 2.24) is 14.8 Å². The van der Waals surface area contributed by atoms with Crippen molar-refractivity contribution in [3.63, 3.8) is 0 Å². The van der Waals surface area contributed by atoms with Crippen LogP contribution in [-0.4, -0.2) is 71.3 Å². The summed E-state index contributed by atoms with van der Waals surface area (Å²) in [5.74, 6) is -0.148. The van der Waals surface area contributed by atoms with Crippen LogP contribution in [0.25, 0.3) is 10.9 Å². The fourth-order valence-electron chi connectivity index (χ4n) is 4.35. The largest absolute Gasteiger partial charge is 0.383 e. The number of fused-ring (bicyclic) bond motifs is 3. The fourth-order valence-corrected chi connectivity index (χ4v) is 4.35. The van der Waals surface area contributed by atoms with Crippen molar-refractivity contribution in [3.8, 4) is 0 Å². The molecular formula is C20H27N3O3. The maximum Gasteiger partial charge on any atom is 0.255 e. The first-order valence-electron chi connectivity index (χ1n) is 9.42. The number of hydrogen-bond acceptors (Lipinski definition) is 4. The maximum atomic E-state index is 12.8. The highest BCUT2D eigenvalue weighted by Gasteiger charge is 2.43. The molecule has 140 valence electrons. The van der Waals surface area contributed by atoms with Crippen LogP contribution in [-0.2, 0) is 22.5 Å². The zero-order valence-corrected chi connectivity index (χ0v) is 15.3. The predicted octanol–water partition coefficient (Wildman–Crippen LogP) is 1.53. The van der Waals surface area contributed by atoms with E-state index in [1.165, 1.54) is 16.6 Å². The van der Waals surface area contributed by atoms with Crippen molar-refractivity contribution in [2.45, 2.75) is 31.4 Å². The van der Waals surface area contributed by atoms with Gasteiger partial charge in [-0.05, 0) is 24.5 Å². The lowest BCUT2D eigenvalue weighted by Crippen LogP contribution is -2.59. The molecule has 2 aliphatic heterocycles. The van der Waals surface area contributed by atoms with E-state index in [-0.39, 0.29) is 5.91 Å². The van der Waals surface area contributed by atoms with E-state index < -0.39 is 5.60 Å². The zero-order chi connectivity index (χ0) is 18.1. The molecule has 1 amide bonds. The molecule has 0 radical (unpaired) electrons. The molecule has 4 rings (SSSR count). The first-order valence-corrected chi connectivity index (χ1v) is 9.42. The Morgan fingerprint density at radius 2 is 2.15 bits per heavy atom. The molecule has 0 unspecified atom stereocenters. The predicted molar refractivity (Wildman–Crippen MR) is 99.9 cm³/mol. The number of carbonyl (C=O) groups is 1. The first-order chi connectivity index (χ1) is 12.6. The highest BCUT2D eigenvalue weighted by atomic mass is 16.5. The Hall–Kier alpha value is -1.89. The Labute approximate surface area is 153 Å². The number of nitrogens with one attached hydrogen (secondary N) is 1. The van der Waals surface area contributed by atoms with Crippen LogP contribution in [0.5, 0.6) is 0 Å². The second kappa shape index (κ2) is 7.02. The number of methoxy groups -OCH3 is 1. The molecule has 1 aromatic heterocycles. The molecule has 1 aromatic carbocycles. The van der Waals surface area contributed by atoms with Crippen LogP contribution in [0, 0.1) is 0 Å². The number of H-pyrrole nitrogens is 1. The zero-order valence-electron chi connectivity index (χ0n) is 15.3. The van der Waals surface area contributed by atoms with Gasteiger partial charge in [0, 0.05) is 62.9 Å². The number of nitrogens with zero attached hydrogens (tertiary/aromatic N) is 2. The normalized spacial score (nSPS) is 24.2. The van der Waals surface area contributed by atoms with Gasteiger partial charge < -0.3 is 19.7 Å². The topological polar surface area (TPSA) is 68.8 Å². The van der Waals surface area contributed by atoms with Gasteiger partial charge in [0.05, 0.1) is 6.61 Å². The van der Waals surface area contributed by atoms with Crippen molar-refractivity contribution in [3.05, 3.63) is 35.5 Å². The highest BCUT2D eigenvalue weighted by Crippen LogP contribution is 2.30. The van der Waals surface area contributed by atoms with Gasteiger partial charge in [0.1, 0.15) is 0 Å². The van der Waals surface area contributed by atoms with Gasteiger partial charge in [0.25, 0.3) is 5.91 Å². The minimum absolute atomic E-state index is 0.148. The number of carbonyl (C=O) groups excluding carboxylic acids is 1. The lowest BCUT2D eigenvalue weighted by Gasteiger charge is -2.41. The van der Waals surface area contributed by atoms with Gasteiger partial charge in [-0.2, -0.15) is 0 Å².